The van der Waals surface area contributed by atoms with Crippen molar-refractivity contribution in [1.82, 2.24) is 20.1 Å². The second kappa shape index (κ2) is 5.42. The number of aromatic nitrogens is 3. The Kier molecular flexibility index (Phi) is 3.91. The van der Waals surface area contributed by atoms with Crippen LogP contribution >= 0.6 is 15.9 Å². The molecule has 1 heterocycles. The molecule has 0 saturated carbocycles. The van der Waals surface area contributed by atoms with Crippen LogP contribution in [0.4, 0.5) is 0 Å². The van der Waals surface area contributed by atoms with Gasteiger partial charge < -0.3 is 9.88 Å². The fourth-order valence-corrected chi connectivity index (χ4v) is 1.85. The maximum Gasteiger partial charge on any atom is 0.146 e. The van der Waals surface area contributed by atoms with Gasteiger partial charge in [-0.25, -0.2) is 0 Å². The molecule has 0 radical (unpaired) electrons. The zero-order valence-corrected chi connectivity index (χ0v) is 11.5. The number of hydrogen-bond acceptors (Lipinski definition) is 3. The number of nitrogens with zero attached hydrogens (tertiary/aromatic N) is 3. The van der Waals surface area contributed by atoms with Crippen LogP contribution in [-0.2, 0) is 13.6 Å². The largest absolute Gasteiger partial charge is 0.320 e. The van der Waals surface area contributed by atoms with Gasteiger partial charge in [0.2, 0.25) is 0 Å². The highest BCUT2D eigenvalue weighted by Crippen LogP contribution is 2.16. The molecular weight excluding hydrogens is 280 g/mol. The molecule has 2 aromatic rings. The zero-order valence-electron chi connectivity index (χ0n) is 9.89. The predicted molar refractivity (Wildman–Crippen MR) is 70.4 cm³/mol. The van der Waals surface area contributed by atoms with Gasteiger partial charge in [0.25, 0.3) is 0 Å². The molecule has 0 spiro atoms. The summed E-state index contributed by atoms with van der Waals surface area (Å²) in [6, 6.07) is 8.61. The van der Waals surface area contributed by atoms with E-state index in [0.29, 0.717) is 12.6 Å². The monoisotopic (exact) mass is 294 g/mol. The first-order valence-electron chi connectivity index (χ1n) is 5.48. The van der Waals surface area contributed by atoms with Gasteiger partial charge in [0, 0.05) is 17.6 Å². The molecular formula is C12H15BrN4. The lowest BCUT2D eigenvalue weighted by molar-refractivity contribution is 0.548. The van der Waals surface area contributed by atoms with Gasteiger partial charge in [-0.15, -0.1) is 10.2 Å². The normalized spacial score (nSPS) is 12.6. The Bertz CT molecular complexity index is 478. The minimum Gasteiger partial charge on any atom is -0.320 e. The molecule has 1 atom stereocenters. The van der Waals surface area contributed by atoms with Gasteiger partial charge in [-0.2, -0.15) is 0 Å². The highest BCUT2D eigenvalue weighted by Gasteiger charge is 2.06. The van der Waals surface area contributed by atoms with Crippen molar-refractivity contribution in [2.75, 3.05) is 0 Å². The van der Waals surface area contributed by atoms with Crippen molar-refractivity contribution < 1.29 is 0 Å². The second-order valence-corrected chi connectivity index (χ2v) is 4.93. The summed E-state index contributed by atoms with van der Waals surface area (Å²) < 4.78 is 3.02. The molecule has 0 fully saturated rings. The quantitative estimate of drug-likeness (QED) is 0.942. The van der Waals surface area contributed by atoms with E-state index in [0.717, 1.165) is 10.3 Å². The SMILES string of the molecule is C[C@@H](NCc1nncn1C)c1ccc(Br)cc1. The molecule has 0 unspecified atom stereocenters. The van der Waals surface area contributed by atoms with Gasteiger partial charge in [0.1, 0.15) is 12.2 Å². The first kappa shape index (κ1) is 12.3. The molecule has 0 saturated heterocycles. The second-order valence-electron chi connectivity index (χ2n) is 4.01. The summed E-state index contributed by atoms with van der Waals surface area (Å²) in [6.45, 7) is 2.85. The zero-order chi connectivity index (χ0) is 12.3. The number of halogens is 1. The molecule has 1 aromatic carbocycles. The average Bonchev–Trinajstić information content (AvgIpc) is 2.73. The molecule has 0 aliphatic heterocycles. The van der Waals surface area contributed by atoms with Crippen molar-refractivity contribution in [2.24, 2.45) is 7.05 Å². The van der Waals surface area contributed by atoms with Gasteiger partial charge in [-0.1, -0.05) is 28.1 Å². The molecule has 1 N–H and O–H groups in total. The lowest BCUT2D eigenvalue weighted by Crippen LogP contribution is -2.20. The first-order valence-corrected chi connectivity index (χ1v) is 6.28. The number of nitrogens with one attached hydrogen (secondary N) is 1. The van der Waals surface area contributed by atoms with Crippen molar-refractivity contribution in [2.45, 2.75) is 19.5 Å². The summed E-state index contributed by atoms with van der Waals surface area (Å²) >= 11 is 3.43. The topological polar surface area (TPSA) is 42.7 Å². The fraction of sp³-hybridized carbons (Fsp3) is 0.333. The third-order valence-electron chi connectivity index (χ3n) is 2.74. The highest BCUT2D eigenvalue weighted by molar-refractivity contribution is 9.10. The molecule has 2 rings (SSSR count). The van der Waals surface area contributed by atoms with Crippen LogP contribution in [0.5, 0.6) is 0 Å². The van der Waals surface area contributed by atoms with Crippen molar-refractivity contribution in [3.63, 3.8) is 0 Å². The predicted octanol–water partition coefficient (Wildman–Crippen LogP) is 2.43. The number of aryl methyl sites for hydroxylation is 1. The fourth-order valence-electron chi connectivity index (χ4n) is 1.58. The molecule has 4 nitrogen and oxygen atoms in total. The third-order valence-corrected chi connectivity index (χ3v) is 3.27. The number of rotatable bonds is 4. The van der Waals surface area contributed by atoms with Crippen LogP contribution in [0.3, 0.4) is 0 Å². The average molecular weight is 295 g/mol. The van der Waals surface area contributed by atoms with E-state index in [1.165, 1.54) is 5.56 Å². The van der Waals surface area contributed by atoms with Crippen LogP contribution in [0, 0.1) is 0 Å². The Labute approximate surface area is 109 Å². The maximum absolute atomic E-state index is 4.04. The minimum atomic E-state index is 0.291. The summed E-state index contributed by atoms with van der Waals surface area (Å²) in [6.07, 6.45) is 1.71. The van der Waals surface area contributed by atoms with Crippen molar-refractivity contribution in [3.05, 3.63) is 46.5 Å². The van der Waals surface area contributed by atoms with Crippen LogP contribution in [-0.4, -0.2) is 14.8 Å². The summed E-state index contributed by atoms with van der Waals surface area (Å²) in [5.74, 6) is 0.939. The van der Waals surface area contributed by atoms with E-state index in [-0.39, 0.29) is 0 Å². The Balaban J connectivity index is 1.95. The molecule has 17 heavy (non-hydrogen) atoms. The van der Waals surface area contributed by atoms with Crippen LogP contribution in [0.2, 0.25) is 0 Å². The highest BCUT2D eigenvalue weighted by atomic mass is 79.9. The van der Waals surface area contributed by atoms with E-state index < -0.39 is 0 Å². The Morgan fingerprint density at radius 2 is 2.06 bits per heavy atom. The van der Waals surface area contributed by atoms with Gasteiger partial charge in [0.15, 0.2) is 0 Å². The van der Waals surface area contributed by atoms with E-state index in [2.05, 4.69) is 62.6 Å². The minimum absolute atomic E-state index is 0.291. The van der Waals surface area contributed by atoms with E-state index in [1.54, 1.807) is 6.33 Å². The van der Waals surface area contributed by atoms with Crippen LogP contribution in [0.25, 0.3) is 0 Å². The third kappa shape index (κ3) is 3.14. The van der Waals surface area contributed by atoms with Crippen LogP contribution < -0.4 is 5.32 Å². The van der Waals surface area contributed by atoms with Crippen LogP contribution in [0.1, 0.15) is 24.4 Å². The molecule has 0 bridgehead atoms. The van der Waals surface area contributed by atoms with Crippen LogP contribution in [0.15, 0.2) is 35.1 Å². The van der Waals surface area contributed by atoms with E-state index in [9.17, 15) is 0 Å². The smallest absolute Gasteiger partial charge is 0.146 e. The van der Waals surface area contributed by atoms with E-state index >= 15 is 0 Å². The number of hydrogen-bond donors (Lipinski definition) is 1. The molecule has 0 amide bonds. The lowest BCUT2D eigenvalue weighted by atomic mass is 10.1. The van der Waals surface area contributed by atoms with Gasteiger partial charge >= 0.3 is 0 Å². The van der Waals surface area contributed by atoms with Crippen molar-refractivity contribution in [1.29, 1.82) is 0 Å². The summed E-state index contributed by atoms with van der Waals surface area (Å²) in [7, 11) is 1.95. The van der Waals surface area contributed by atoms with Gasteiger partial charge in [-0.3, -0.25) is 0 Å². The van der Waals surface area contributed by atoms with Gasteiger partial charge in [-0.05, 0) is 24.6 Å². The maximum atomic E-state index is 4.04. The first-order chi connectivity index (χ1) is 8.16. The van der Waals surface area contributed by atoms with E-state index in [1.807, 2.05) is 11.6 Å². The molecule has 1 aromatic heterocycles. The summed E-state index contributed by atoms with van der Waals surface area (Å²) in [5, 5.41) is 11.3. The van der Waals surface area contributed by atoms with E-state index in [4.69, 9.17) is 0 Å². The lowest BCUT2D eigenvalue weighted by Gasteiger charge is -2.13. The summed E-state index contributed by atoms with van der Waals surface area (Å²) in [4.78, 5) is 0. The standard InChI is InChI=1S/C12H15BrN4/c1-9(10-3-5-11(13)6-4-10)14-7-12-16-15-8-17(12)2/h3-6,8-9,14H,7H2,1-2H3/t9-/m1/s1. The molecule has 5 heteroatoms. The Morgan fingerprint density at radius 1 is 1.35 bits per heavy atom. The van der Waals surface area contributed by atoms with Gasteiger partial charge in [0.05, 0.1) is 6.54 Å². The number of benzene rings is 1. The Hall–Kier alpha value is -1.20. The Morgan fingerprint density at radius 3 is 2.65 bits per heavy atom. The summed E-state index contributed by atoms with van der Waals surface area (Å²) in [5.41, 5.74) is 1.26. The molecule has 0 aliphatic carbocycles. The van der Waals surface area contributed by atoms with Crippen molar-refractivity contribution in [3.8, 4) is 0 Å². The molecule has 90 valence electrons. The van der Waals surface area contributed by atoms with Crippen molar-refractivity contribution >= 4 is 15.9 Å². The molecule has 0 aliphatic rings.